The fourth-order valence-corrected chi connectivity index (χ4v) is 2.46. The number of pyridine rings is 1. The lowest BCUT2D eigenvalue weighted by atomic mass is 10.1. The van der Waals surface area contributed by atoms with E-state index < -0.39 is 0 Å². The van der Waals surface area contributed by atoms with Crippen LogP contribution in [0.25, 0.3) is 0 Å². The first-order valence-corrected chi connectivity index (χ1v) is 7.06. The minimum atomic E-state index is 0.794. The minimum absolute atomic E-state index is 0.794. The van der Waals surface area contributed by atoms with Crippen LogP contribution in [0.2, 0.25) is 0 Å². The number of anilines is 2. The van der Waals surface area contributed by atoms with Gasteiger partial charge in [-0.05, 0) is 44.7 Å². The molecular formula is C17H23N3O. The van der Waals surface area contributed by atoms with Crippen molar-refractivity contribution in [3.63, 3.8) is 0 Å². The molecule has 1 aromatic heterocycles. The predicted molar refractivity (Wildman–Crippen MR) is 87.5 cm³/mol. The lowest BCUT2D eigenvalue weighted by Gasteiger charge is -2.23. The molecule has 4 nitrogen and oxygen atoms in total. The lowest BCUT2D eigenvalue weighted by molar-refractivity contribution is 0.415. The van der Waals surface area contributed by atoms with Crippen molar-refractivity contribution in [2.75, 3.05) is 26.1 Å². The number of hydrogen-bond donors (Lipinski definition) is 1. The number of aromatic nitrogens is 1. The van der Waals surface area contributed by atoms with Gasteiger partial charge in [0, 0.05) is 36.6 Å². The number of methoxy groups -OCH3 is 1. The van der Waals surface area contributed by atoms with Crippen LogP contribution in [0.4, 0.5) is 11.5 Å². The molecule has 2 rings (SSSR count). The van der Waals surface area contributed by atoms with Gasteiger partial charge in [0.1, 0.15) is 11.6 Å². The Morgan fingerprint density at radius 2 is 2.00 bits per heavy atom. The van der Waals surface area contributed by atoms with Crippen molar-refractivity contribution in [3.8, 4) is 5.75 Å². The van der Waals surface area contributed by atoms with E-state index in [-0.39, 0.29) is 0 Å². The summed E-state index contributed by atoms with van der Waals surface area (Å²) in [6.45, 7) is 4.95. The smallest absolute Gasteiger partial charge is 0.137 e. The molecule has 0 amide bonds. The lowest BCUT2D eigenvalue weighted by Crippen LogP contribution is -2.18. The van der Waals surface area contributed by atoms with Gasteiger partial charge in [-0.25, -0.2) is 4.98 Å². The Kier molecular flexibility index (Phi) is 4.81. The molecule has 0 aliphatic rings. The Morgan fingerprint density at radius 3 is 2.67 bits per heavy atom. The molecule has 0 saturated heterocycles. The zero-order chi connectivity index (χ0) is 15.4. The van der Waals surface area contributed by atoms with Crippen LogP contribution >= 0.6 is 0 Å². The van der Waals surface area contributed by atoms with Gasteiger partial charge < -0.3 is 15.0 Å². The first-order valence-electron chi connectivity index (χ1n) is 7.06. The van der Waals surface area contributed by atoms with E-state index in [9.17, 15) is 0 Å². The topological polar surface area (TPSA) is 37.4 Å². The molecule has 112 valence electrons. The summed E-state index contributed by atoms with van der Waals surface area (Å²) in [6, 6.07) is 10.1. The molecule has 0 spiro atoms. The Morgan fingerprint density at radius 1 is 1.24 bits per heavy atom. The van der Waals surface area contributed by atoms with E-state index in [0.717, 1.165) is 29.5 Å². The Balaban J connectivity index is 2.48. The van der Waals surface area contributed by atoms with Crippen molar-refractivity contribution < 1.29 is 4.74 Å². The SMILES string of the molecule is CNCc1c(C)cc(C)nc1N(C)c1cccc(OC)c1. The maximum Gasteiger partial charge on any atom is 0.137 e. The third-order valence-electron chi connectivity index (χ3n) is 3.57. The van der Waals surface area contributed by atoms with Crippen molar-refractivity contribution in [2.45, 2.75) is 20.4 Å². The third kappa shape index (κ3) is 3.34. The second-order valence-electron chi connectivity index (χ2n) is 5.17. The summed E-state index contributed by atoms with van der Waals surface area (Å²) in [6.07, 6.45) is 0. The number of aryl methyl sites for hydroxylation is 2. The van der Waals surface area contributed by atoms with Gasteiger partial charge in [0.15, 0.2) is 0 Å². The minimum Gasteiger partial charge on any atom is -0.497 e. The summed E-state index contributed by atoms with van der Waals surface area (Å²) in [5.74, 6) is 1.83. The quantitative estimate of drug-likeness (QED) is 0.915. The Bertz CT molecular complexity index is 625. The Hall–Kier alpha value is -2.07. The second kappa shape index (κ2) is 6.59. The van der Waals surface area contributed by atoms with Crippen LogP contribution < -0.4 is 15.0 Å². The molecule has 0 atom stereocenters. The summed E-state index contributed by atoms with van der Waals surface area (Å²) in [7, 11) is 5.67. The van der Waals surface area contributed by atoms with Crippen LogP contribution in [0.15, 0.2) is 30.3 Å². The zero-order valence-corrected chi connectivity index (χ0v) is 13.4. The summed E-state index contributed by atoms with van der Waals surface area (Å²) in [4.78, 5) is 6.84. The average molecular weight is 285 g/mol. The van der Waals surface area contributed by atoms with E-state index >= 15 is 0 Å². The highest BCUT2D eigenvalue weighted by atomic mass is 16.5. The number of rotatable bonds is 5. The molecule has 0 radical (unpaired) electrons. The van der Waals surface area contributed by atoms with Gasteiger partial charge in [-0.1, -0.05) is 6.07 Å². The van der Waals surface area contributed by atoms with E-state index in [1.807, 2.05) is 39.2 Å². The molecule has 0 aliphatic carbocycles. The Labute approximate surface area is 126 Å². The van der Waals surface area contributed by atoms with E-state index in [4.69, 9.17) is 9.72 Å². The van der Waals surface area contributed by atoms with Crippen molar-refractivity contribution in [1.82, 2.24) is 10.3 Å². The molecule has 0 unspecified atom stereocenters. The van der Waals surface area contributed by atoms with Gasteiger partial charge in [-0.3, -0.25) is 0 Å². The first kappa shape index (κ1) is 15.3. The second-order valence-corrected chi connectivity index (χ2v) is 5.17. The number of nitrogens with one attached hydrogen (secondary N) is 1. The summed E-state index contributed by atoms with van der Waals surface area (Å²) in [5.41, 5.74) is 4.55. The molecule has 0 bridgehead atoms. The van der Waals surface area contributed by atoms with E-state index in [0.29, 0.717) is 0 Å². The van der Waals surface area contributed by atoms with Crippen LogP contribution in [0.3, 0.4) is 0 Å². The molecule has 21 heavy (non-hydrogen) atoms. The van der Waals surface area contributed by atoms with Crippen LogP contribution in [0.5, 0.6) is 5.75 Å². The number of ether oxygens (including phenoxy) is 1. The molecule has 4 heteroatoms. The summed E-state index contributed by atoms with van der Waals surface area (Å²) < 4.78 is 5.31. The highest BCUT2D eigenvalue weighted by Crippen LogP contribution is 2.29. The highest BCUT2D eigenvalue weighted by Gasteiger charge is 2.14. The van der Waals surface area contributed by atoms with Gasteiger partial charge in [-0.2, -0.15) is 0 Å². The summed E-state index contributed by atoms with van der Waals surface area (Å²) >= 11 is 0. The standard InChI is InChI=1S/C17H23N3O/c1-12-9-13(2)19-17(16(12)11-18-3)20(4)14-7-6-8-15(10-14)21-5/h6-10,18H,11H2,1-5H3. The van der Waals surface area contributed by atoms with Gasteiger partial charge >= 0.3 is 0 Å². The molecule has 0 saturated carbocycles. The first-order chi connectivity index (χ1) is 10.1. The van der Waals surface area contributed by atoms with Gasteiger partial charge in [0.25, 0.3) is 0 Å². The fraction of sp³-hybridized carbons (Fsp3) is 0.353. The molecule has 0 fully saturated rings. The van der Waals surface area contributed by atoms with Crippen LogP contribution in [-0.4, -0.2) is 26.2 Å². The maximum atomic E-state index is 5.31. The fourth-order valence-electron chi connectivity index (χ4n) is 2.46. The molecule has 1 heterocycles. The van der Waals surface area contributed by atoms with Gasteiger partial charge in [0.2, 0.25) is 0 Å². The van der Waals surface area contributed by atoms with Crippen LogP contribution in [0, 0.1) is 13.8 Å². The van der Waals surface area contributed by atoms with E-state index in [2.05, 4.69) is 29.3 Å². The van der Waals surface area contributed by atoms with Gasteiger partial charge in [0.05, 0.1) is 7.11 Å². The molecule has 1 N–H and O–H groups in total. The van der Waals surface area contributed by atoms with Crippen molar-refractivity contribution in [1.29, 1.82) is 0 Å². The van der Waals surface area contributed by atoms with E-state index in [1.165, 1.54) is 11.1 Å². The van der Waals surface area contributed by atoms with Gasteiger partial charge in [-0.15, -0.1) is 0 Å². The third-order valence-corrected chi connectivity index (χ3v) is 3.57. The normalized spacial score (nSPS) is 10.5. The number of hydrogen-bond acceptors (Lipinski definition) is 4. The van der Waals surface area contributed by atoms with Crippen molar-refractivity contribution >= 4 is 11.5 Å². The largest absolute Gasteiger partial charge is 0.497 e. The van der Waals surface area contributed by atoms with E-state index in [1.54, 1.807) is 7.11 Å². The molecule has 0 aliphatic heterocycles. The molecule has 2 aromatic rings. The predicted octanol–water partition coefficient (Wildman–Crippen LogP) is 3.19. The maximum absolute atomic E-state index is 5.31. The van der Waals surface area contributed by atoms with Crippen molar-refractivity contribution in [2.24, 2.45) is 0 Å². The monoisotopic (exact) mass is 285 g/mol. The average Bonchev–Trinajstić information content (AvgIpc) is 2.49. The number of nitrogens with zero attached hydrogens (tertiary/aromatic N) is 2. The number of benzene rings is 1. The molecule has 1 aromatic carbocycles. The molecular weight excluding hydrogens is 262 g/mol. The van der Waals surface area contributed by atoms with Crippen LogP contribution in [0.1, 0.15) is 16.8 Å². The highest BCUT2D eigenvalue weighted by molar-refractivity contribution is 5.65. The summed E-state index contributed by atoms with van der Waals surface area (Å²) in [5, 5.41) is 3.22. The zero-order valence-electron chi connectivity index (χ0n) is 13.4. The van der Waals surface area contributed by atoms with Crippen molar-refractivity contribution in [3.05, 3.63) is 47.2 Å². The van der Waals surface area contributed by atoms with Crippen LogP contribution in [-0.2, 0) is 6.54 Å².